The molecule has 1 aliphatic rings. The smallest absolute Gasteiger partial charge is 0.224 e. The maximum atomic E-state index is 13.3. The van der Waals surface area contributed by atoms with Crippen LogP contribution in [-0.2, 0) is 17.9 Å². The monoisotopic (exact) mass is 341 g/mol. The lowest BCUT2D eigenvalue weighted by Gasteiger charge is -2.32. The fourth-order valence-electron chi connectivity index (χ4n) is 3.33. The number of aromatic nitrogens is 1. The van der Waals surface area contributed by atoms with E-state index in [2.05, 4.69) is 15.2 Å². The van der Waals surface area contributed by atoms with Gasteiger partial charge in [-0.15, -0.1) is 0 Å². The number of pyridine rings is 1. The fourth-order valence-corrected chi connectivity index (χ4v) is 3.33. The third-order valence-corrected chi connectivity index (χ3v) is 4.56. The molecule has 2 heterocycles. The summed E-state index contributed by atoms with van der Waals surface area (Å²) in [6, 6.07) is 12.5. The first-order chi connectivity index (χ1) is 12.1. The number of aryl methyl sites for hydroxylation is 1. The van der Waals surface area contributed by atoms with Crippen LogP contribution in [0.5, 0.6) is 0 Å². The van der Waals surface area contributed by atoms with E-state index in [0.29, 0.717) is 19.6 Å². The van der Waals surface area contributed by atoms with E-state index in [-0.39, 0.29) is 17.6 Å². The average Bonchev–Trinajstić information content (AvgIpc) is 2.60. The number of halogens is 1. The number of amides is 1. The second-order valence-corrected chi connectivity index (χ2v) is 6.69. The normalized spacial score (nSPS) is 18.1. The van der Waals surface area contributed by atoms with Gasteiger partial charge in [-0.3, -0.25) is 14.7 Å². The van der Waals surface area contributed by atoms with E-state index in [1.54, 1.807) is 12.1 Å². The topological polar surface area (TPSA) is 45.2 Å². The molecule has 1 aromatic carbocycles. The highest BCUT2D eigenvalue weighted by Crippen LogP contribution is 2.19. The summed E-state index contributed by atoms with van der Waals surface area (Å²) >= 11 is 0. The van der Waals surface area contributed by atoms with Gasteiger partial charge >= 0.3 is 0 Å². The second kappa shape index (κ2) is 8.21. The number of rotatable bonds is 5. The van der Waals surface area contributed by atoms with Crippen molar-refractivity contribution in [3.63, 3.8) is 0 Å². The minimum absolute atomic E-state index is 0.0212. The molecule has 0 spiro atoms. The van der Waals surface area contributed by atoms with Crippen LogP contribution in [0.25, 0.3) is 0 Å². The number of carbonyl (C=O) groups is 1. The van der Waals surface area contributed by atoms with Gasteiger partial charge in [0.05, 0.1) is 18.2 Å². The molecule has 1 saturated heterocycles. The molecule has 0 unspecified atom stereocenters. The predicted molar refractivity (Wildman–Crippen MR) is 95.2 cm³/mol. The average molecular weight is 341 g/mol. The molecule has 4 nitrogen and oxygen atoms in total. The Labute approximate surface area is 148 Å². The molecule has 1 amide bonds. The van der Waals surface area contributed by atoms with Gasteiger partial charge in [0.2, 0.25) is 5.91 Å². The minimum Gasteiger partial charge on any atom is -0.350 e. The molecule has 5 heteroatoms. The lowest BCUT2D eigenvalue weighted by atomic mass is 9.96. The van der Waals surface area contributed by atoms with Crippen LogP contribution in [-0.4, -0.2) is 28.9 Å². The first-order valence-electron chi connectivity index (χ1n) is 8.77. The zero-order valence-electron chi connectivity index (χ0n) is 14.5. The van der Waals surface area contributed by atoms with Crippen LogP contribution < -0.4 is 5.32 Å². The first kappa shape index (κ1) is 17.5. The summed E-state index contributed by atoms with van der Waals surface area (Å²) < 4.78 is 13.3. The summed E-state index contributed by atoms with van der Waals surface area (Å²) in [7, 11) is 0. The van der Waals surface area contributed by atoms with Crippen molar-refractivity contribution >= 4 is 5.91 Å². The molecule has 0 bridgehead atoms. The minimum atomic E-state index is -0.213. The van der Waals surface area contributed by atoms with E-state index in [1.165, 1.54) is 6.07 Å². The van der Waals surface area contributed by atoms with Gasteiger partial charge in [0.15, 0.2) is 0 Å². The van der Waals surface area contributed by atoms with Gasteiger partial charge in [-0.2, -0.15) is 0 Å². The standard InChI is InChI=1S/C20H24FN3O/c1-15-5-2-9-19(23-15)12-22-20(25)17-7-4-10-24(14-17)13-16-6-3-8-18(21)11-16/h2-3,5-6,8-9,11,17H,4,7,10,12-14H2,1H3,(H,22,25)/t17-/m1/s1. The molecule has 1 aromatic heterocycles. The summed E-state index contributed by atoms with van der Waals surface area (Å²) in [5, 5.41) is 3.00. The number of nitrogens with zero attached hydrogens (tertiary/aromatic N) is 2. The Bertz CT molecular complexity index is 734. The number of carbonyl (C=O) groups excluding carboxylic acids is 1. The summed E-state index contributed by atoms with van der Waals surface area (Å²) in [5.41, 5.74) is 2.77. The zero-order valence-corrected chi connectivity index (χ0v) is 14.5. The Morgan fingerprint density at radius 1 is 1.32 bits per heavy atom. The van der Waals surface area contributed by atoms with Gasteiger partial charge in [-0.1, -0.05) is 18.2 Å². The van der Waals surface area contributed by atoms with E-state index in [0.717, 1.165) is 36.3 Å². The molecule has 2 aromatic rings. The van der Waals surface area contributed by atoms with E-state index < -0.39 is 0 Å². The highest BCUT2D eigenvalue weighted by atomic mass is 19.1. The maximum absolute atomic E-state index is 13.3. The van der Waals surface area contributed by atoms with E-state index in [9.17, 15) is 9.18 Å². The summed E-state index contributed by atoms with van der Waals surface area (Å²) in [6.45, 7) is 4.74. The van der Waals surface area contributed by atoms with E-state index in [1.807, 2.05) is 31.2 Å². The van der Waals surface area contributed by atoms with Crippen molar-refractivity contribution in [1.29, 1.82) is 0 Å². The van der Waals surface area contributed by atoms with Crippen LogP contribution in [0.15, 0.2) is 42.5 Å². The number of hydrogen-bond acceptors (Lipinski definition) is 3. The SMILES string of the molecule is Cc1cccc(CNC(=O)[C@@H]2CCCN(Cc3cccc(F)c3)C2)n1. The molecule has 3 rings (SSSR count). The Hall–Kier alpha value is -2.27. The summed E-state index contributed by atoms with van der Waals surface area (Å²) in [4.78, 5) is 19.1. The largest absolute Gasteiger partial charge is 0.350 e. The van der Waals surface area contributed by atoms with Gasteiger partial charge in [0.1, 0.15) is 5.82 Å². The lowest BCUT2D eigenvalue weighted by molar-refractivity contribution is -0.127. The Kier molecular flexibility index (Phi) is 5.76. The quantitative estimate of drug-likeness (QED) is 0.909. The molecule has 25 heavy (non-hydrogen) atoms. The van der Waals surface area contributed by atoms with Crippen molar-refractivity contribution < 1.29 is 9.18 Å². The van der Waals surface area contributed by atoms with Crippen LogP contribution in [0.4, 0.5) is 4.39 Å². The molecule has 0 saturated carbocycles. The van der Waals surface area contributed by atoms with Crippen molar-refractivity contribution in [2.45, 2.75) is 32.9 Å². The van der Waals surface area contributed by atoms with Gasteiger partial charge < -0.3 is 5.32 Å². The second-order valence-electron chi connectivity index (χ2n) is 6.69. The van der Waals surface area contributed by atoms with Crippen LogP contribution in [0.1, 0.15) is 29.8 Å². The molecule has 1 aliphatic heterocycles. The van der Waals surface area contributed by atoms with Crippen molar-refractivity contribution in [3.8, 4) is 0 Å². The molecular weight excluding hydrogens is 317 g/mol. The number of hydrogen-bond donors (Lipinski definition) is 1. The Morgan fingerprint density at radius 2 is 2.16 bits per heavy atom. The molecule has 0 aliphatic carbocycles. The highest BCUT2D eigenvalue weighted by Gasteiger charge is 2.25. The predicted octanol–water partition coefficient (Wildman–Crippen LogP) is 3.06. The molecule has 1 N–H and O–H groups in total. The van der Waals surface area contributed by atoms with Gasteiger partial charge in [-0.25, -0.2) is 4.39 Å². The number of nitrogens with one attached hydrogen (secondary N) is 1. The van der Waals surface area contributed by atoms with E-state index in [4.69, 9.17) is 0 Å². The van der Waals surface area contributed by atoms with Crippen molar-refractivity contribution in [3.05, 3.63) is 65.2 Å². The number of likely N-dealkylation sites (tertiary alicyclic amines) is 1. The molecule has 1 atom stereocenters. The van der Waals surface area contributed by atoms with Crippen LogP contribution >= 0.6 is 0 Å². The Morgan fingerprint density at radius 3 is 2.96 bits per heavy atom. The maximum Gasteiger partial charge on any atom is 0.224 e. The highest BCUT2D eigenvalue weighted by molar-refractivity contribution is 5.78. The first-order valence-corrected chi connectivity index (χ1v) is 8.77. The molecule has 1 fully saturated rings. The van der Waals surface area contributed by atoms with Crippen molar-refractivity contribution in [2.24, 2.45) is 5.92 Å². The fraction of sp³-hybridized carbons (Fsp3) is 0.400. The third kappa shape index (κ3) is 5.10. The van der Waals surface area contributed by atoms with Gasteiger partial charge in [0, 0.05) is 18.8 Å². The van der Waals surface area contributed by atoms with Crippen LogP contribution in [0.3, 0.4) is 0 Å². The summed E-state index contributed by atoms with van der Waals surface area (Å²) in [6.07, 6.45) is 1.88. The van der Waals surface area contributed by atoms with Gasteiger partial charge in [-0.05, 0) is 56.1 Å². The van der Waals surface area contributed by atoms with Gasteiger partial charge in [0.25, 0.3) is 0 Å². The van der Waals surface area contributed by atoms with Crippen LogP contribution in [0, 0.1) is 18.7 Å². The Balaban J connectivity index is 1.52. The third-order valence-electron chi connectivity index (χ3n) is 4.56. The number of benzene rings is 1. The van der Waals surface area contributed by atoms with Crippen LogP contribution in [0.2, 0.25) is 0 Å². The molecule has 132 valence electrons. The lowest BCUT2D eigenvalue weighted by Crippen LogP contribution is -2.42. The van der Waals surface area contributed by atoms with Crippen molar-refractivity contribution in [2.75, 3.05) is 13.1 Å². The van der Waals surface area contributed by atoms with E-state index >= 15 is 0 Å². The summed E-state index contributed by atoms with van der Waals surface area (Å²) in [5.74, 6) is -0.158. The number of piperidine rings is 1. The molecular formula is C20H24FN3O. The zero-order chi connectivity index (χ0) is 17.6. The van der Waals surface area contributed by atoms with Crippen molar-refractivity contribution in [1.82, 2.24) is 15.2 Å². The molecule has 0 radical (unpaired) electrons.